The number of rotatable bonds is 0. The molecule has 0 saturated carbocycles. The lowest BCUT2D eigenvalue weighted by atomic mass is 10.1. The van der Waals surface area contributed by atoms with E-state index in [0.717, 1.165) is 0 Å². The summed E-state index contributed by atoms with van der Waals surface area (Å²) in [5, 5.41) is 9.34. The number of alkyl halides is 3. The topological polar surface area (TPSA) is 20.2 Å². The van der Waals surface area contributed by atoms with Crippen LogP contribution in [0.2, 0.25) is 0 Å². The summed E-state index contributed by atoms with van der Waals surface area (Å²) in [6, 6.07) is 6.34. The summed E-state index contributed by atoms with van der Waals surface area (Å²) in [7, 11) is 0. The van der Waals surface area contributed by atoms with E-state index in [2.05, 4.69) is 0 Å². The zero-order valence-electron chi connectivity index (χ0n) is 7.10. The molecule has 0 spiro atoms. The Morgan fingerprint density at radius 3 is 2.36 bits per heavy atom. The highest BCUT2D eigenvalue weighted by molar-refractivity contribution is 5.71. The van der Waals surface area contributed by atoms with E-state index < -0.39 is 17.5 Å². The summed E-state index contributed by atoms with van der Waals surface area (Å²) >= 11 is 0. The Bertz CT molecular complexity index is 404. The molecule has 1 aromatic carbocycles. The number of halogens is 3. The van der Waals surface area contributed by atoms with Crippen LogP contribution in [0, 0.1) is 0 Å². The van der Waals surface area contributed by atoms with Gasteiger partial charge in [0.1, 0.15) is 5.76 Å². The standard InChI is InChI=1S/C10H7F3O/c11-10(12,13)8-5-6-3-1-2-4-7(6)9(8)14/h1-4,14H,5H2. The Balaban J connectivity index is 2.50. The molecule has 0 heterocycles. The summed E-state index contributed by atoms with van der Waals surface area (Å²) in [6.45, 7) is 0. The normalized spacial score (nSPS) is 15.9. The molecule has 2 rings (SSSR count). The van der Waals surface area contributed by atoms with Gasteiger partial charge in [0.15, 0.2) is 0 Å². The molecule has 0 bridgehead atoms. The quantitative estimate of drug-likeness (QED) is 0.682. The van der Waals surface area contributed by atoms with E-state index in [1.165, 1.54) is 6.07 Å². The van der Waals surface area contributed by atoms with E-state index in [1.54, 1.807) is 18.2 Å². The van der Waals surface area contributed by atoms with Crippen molar-refractivity contribution in [3.8, 4) is 0 Å². The summed E-state index contributed by atoms with van der Waals surface area (Å²) < 4.78 is 37.1. The molecule has 0 unspecified atom stereocenters. The Labute approximate surface area is 78.5 Å². The van der Waals surface area contributed by atoms with Crippen LogP contribution in [0.1, 0.15) is 11.1 Å². The monoisotopic (exact) mass is 200 g/mol. The van der Waals surface area contributed by atoms with E-state index in [4.69, 9.17) is 0 Å². The highest BCUT2D eigenvalue weighted by Crippen LogP contribution is 2.39. The average molecular weight is 200 g/mol. The van der Waals surface area contributed by atoms with Gasteiger partial charge in [-0.2, -0.15) is 13.2 Å². The Hall–Kier alpha value is -1.45. The average Bonchev–Trinajstić information content (AvgIpc) is 2.44. The number of hydrogen-bond donors (Lipinski definition) is 1. The van der Waals surface area contributed by atoms with Gasteiger partial charge in [0.25, 0.3) is 0 Å². The Morgan fingerprint density at radius 2 is 1.79 bits per heavy atom. The maximum absolute atomic E-state index is 12.4. The van der Waals surface area contributed by atoms with Crippen LogP contribution in [0.15, 0.2) is 29.8 Å². The highest BCUT2D eigenvalue weighted by Gasteiger charge is 2.40. The van der Waals surface area contributed by atoms with Crippen LogP contribution >= 0.6 is 0 Å². The van der Waals surface area contributed by atoms with Crippen LogP contribution in [0.4, 0.5) is 13.2 Å². The minimum absolute atomic E-state index is 0.231. The molecule has 0 aromatic heterocycles. The predicted molar refractivity (Wildman–Crippen MR) is 45.7 cm³/mol. The fourth-order valence-electron chi connectivity index (χ4n) is 1.58. The molecular weight excluding hydrogens is 193 g/mol. The largest absolute Gasteiger partial charge is 0.507 e. The number of aliphatic hydroxyl groups excluding tert-OH is 1. The predicted octanol–water partition coefficient (Wildman–Crippen LogP) is 3.07. The van der Waals surface area contributed by atoms with Crippen molar-refractivity contribution in [3.63, 3.8) is 0 Å². The van der Waals surface area contributed by atoms with Crippen LogP contribution in [-0.2, 0) is 6.42 Å². The maximum Gasteiger partial charge on any atom is 0.416 e. The van der Waals surface area contributed by atoms with Crippen molar-refractivity contribution in [2.75, 3.05) is 0 Å². The second-order valence-corrected chi connectivity index (χ2v) is 3.16. The molecule has 1 aromatic rings. The first-order chi connectivity index (χ1) is 6.50. The summed E-state index contributed by atoms with van der Waals surface area (Å²) in [5.41, 5.74) is -0.0316. The number of hydrogen-bond acceptors (Lipinski definition) is 1. The smallest absolute Gasteiger partial charge is 0.416 e. The molecule has 0 radical (unpaired) electrons. The molecular formula is C10H7F3O. The second kappa shape index (κ2) is 2.77. The summed E-state index contributed by atoms with van der Waals surface area (Å²) in [5.74, 6) is -0.631. The van der Waals surface area contributed by atoms with Crippen LogP contribution in [-0.4, -0.2) is 11.3 Å². The molecule has 14 heavy (non-hydrogen) atoms. The van der Waals surface area contributed by atoms with E-state index >= 15 is 0 Å². The van der Waals surface area contributed by atoms with Crippen molar-refractivity contribution < 1.29 is 18.3 Å². The Morgan fingerprint density at radius 1 is 1.14 bits per heavy atom. The van der Waals surface area contributed by atoms with Gasteiger partial charge in [-0.25, -0.2) is 0 Å². The molecule has 1 aliphatic rings. The first-order valence-electron chi connectivity index (χ1n) is 4.08. The molecule has 0 aliphatic heterocycles. The van der Waals surface area contributed by atoms with Crippen LogP contribution in [0.3, 0.4) is 0 Å². The summed E-state index contributed by atoms with van der Waals surface area (Å²) in [6.07, 6.45) is -4.67. The Kier molecular flexibility index (Phi) is 1.80. The SMILES string of the molecule is OC1=C(C(F)(F)F)Cc2ccccc21. The number of allylic oxidation sites excluding steroid dienone is 1. The molecule has 1 nitrogen and oxygen atoms in total. The second-order valence-electron chi connectivity index (χ2n) is 3.16. The van der Waals surface area contributed by atoms with Crippen molar-refractivity contribution in [1.29, 1.82) is 0 Å². The van der Waals surface area contributed by atoms with Crippen LogP contribution in [0.5, 0.6) is 0 Å². The van der Waals surface area contributed by atoms with Crippen molar-refractivity contribution in [2.45, 2.75) is 12.6 Å². The zero-order valence-corrected chi connectivity index (χ0v) is 7.10. The van der Waals surface area contributed by atoms with Gasteiger partial charge in [-0.15, -0.1) is 0 Å². The summed E-state index contributed by atoms with van der Waals surface area (Å²) in [4.78, 5) is 0. The molecule has 74 valence electrons. The van der Waals surface area contributed by atoms with Gasteiger partial charge < -0.3 is 5.11 Å². The molecule has 0 amide bonds. The van der Waals surface area contributed by atoms with Gasteiger partial charge in [0.05, 0.1) is 5.57 Å². The lowest BCUT2D eigenvalue weighted by Gasteiger charge is -2.06. The number of benzene rings is 1. The van der Waals surface area contributed by atoms with Crippen molar-refractivity contribution in [2.24, 2.45) is 0 Å². The van der Waals surface area contributed by atoms with E-state index in [9.17, 15) is 18.3 Å². The molecule has 0 fully saturated rings. The van der Waals surface area contributed by atoms with Crippen molar-refractivity contribution in [3.05, 3.63) is 41.0 Å². The molecule has 4 heteroatoms. The zero-order chi connectivity index (χ0) is 10.3. The van der Waals surface area contributed by atoms with Gasteiger partial charge in [0, 0.05) is 12.0 Å². The number of aliphatic hydroxyl groups is 1. The van der Waals surface area contributed by atoms with E-state index in [1.807, 2.05) is 0 Å². The first-order valence-corrected chi connectivity index (χ1v) is 4.08. The molecule has 1 aliphatic carbocycles. The van der Waals surface area contributed by atoms with Crippen LogP contribution < -0.4 is 0 Å². The molecule has 0 atom stereocenters. The lowest BCUT2D eigenvalue weighted by molar-refractivity contribution is -0.0931. The third-order valence-corrected chi connectivity index (χ3v) is 2.27. The minimum Gasteiger partial charge on any atom is -0.507 e. The van der Waals surface area contributed by atoms with Crippen molar-refractivity contribution >= 4 is 5.76 Å². The fraction of sp³-hybridized carbons (Fsp3) is 0.200. The van der Waals surface area contributed by atoms with Gasteiger partial charge in [-0.3, -0.25) is 0 Å². The maximum atomic E-state index is 12.4. The molecule has 0 saturated heterocycles. The van der Waals surface area contributed by atoms with Gasteiger partial charge in [-0.05, 0) is 5.56 Å². The first kappa shape index (κ1) is 9.12. The van der Waals surface area contributed by atoms with Gasteiger partial charge in [-0.1, -0.05) is 24.3 Å². The van der Waals surface area contributed by atoms with Crippen LogP contribution in [0.25, 0.3) is 5.76 Å². The van der Waals surface area contributed by atoms with E-state index in [-0.39, 0.29) is 6.42 Å². The third-order valence-electron chi connectivity index (χ3n) is 2.27. The number of fused-ring (bicyclic) bond motifs is 1. The third kappa shape index (κ3) is 1.27. The molecule has 1 N–H and O–H groups in total. The fourth-order valence-corrected chi connectivity index (χ4v) is 1.58. The highest BCUT2D eigenvalue weighted by atomic mass is 19.4. The van der Waals surface area contributed by atoms with Crippen molar-refractivity contribution in [1.82, 2.24) is 0 Å². The van der Waals surface area contributed by atoms with E-state index in [0.29, 0.717) is 11.1 Å². The van der Waals surface area contributed by atoms with Gasteiger partial charge in [0.2, 0.25) is 0 Å². The lowest BCUT2D eigenvalue weighted by Crippen LogP contribution is -2.12. The van der Waals surface area contributed by atoms with Gasteiger partial charge >= 0.3 is 6.18 Å². The minimum atomic E-state index is -4.44.